The van der Waals surface area contributed by atoms with Gasteiger partial charge in [0.1, 0.15) is 11.9 Å². The number of benzene rings is 1. The van der Waals surface area contributed by atoms with Gasteiger partial charge in [0.05, 0.1) is 0 Å². The summed E-state index contributed by atoms with van der Waals surface area (Å²) < 4.78 is 6.12. The van der Waals surface area contributed by atoms with E-state index < -0.39 is 0 Å². The molecule has 1 aromatic heterocycles. The summed E-state index contributed by atoms with van der Waals surface area (Å²) in [7, 11) is 0. The van der Waals surface area contributed by atoms with Crippen LogP contribution in [0.1, 0.15) is 16.7 Å². The first-order valence-electron chi connectivity index (χ1n) is 7.06. The van der Waals surface area contributed by atoms with Crippen LogP contribution in [-0.2, 0) is 6.54 Å². The highest BCUT2D eigenvalue weighted by molar-refractivity contribution is 5.40. The molecule has 1 aliphatic heterocycles. The summed E-state index contributed by atoms with van der Waals surface area (Å²) in [6.07, 6.45) is 4.05. The number of aryl methyl sites for hydroxylation is 2. The average Bonchev–Trinajstić information content (AvgIpc) is 2.41. The van der Waals surface area contributed by atoms with Gasteiger partial charge < -0.3 is 4.74 Å². The second kappa shape index (κ2) is 5.63. The molecule has 0 amide bonds. The molecule has 0 aliphatic carbocycles. The van der Waals surface area contributed by atoms with Crippen LogP contribution in [-0.4, -0.2) is 29.1 Å². The maximum Gasteiger partial charge on any atom is 0.125 e. The number of hydrogen-bond donors (Lipinski definition) is 0. The second-order valence-corrected chi connectivity index (χ2v) is 5.52. The molecule has 3 nitrogen and oxygen atoms in total. The minimum absolute atomic E-state index is 0.312. The van der Waals surface area contributed by atoms with Gasteiger partial charge >= 0.3 is 0 Å². The standard InChI is InChI=1S/C17H20N2O/c1-13-5-3-6-14(2)17(13)20-16-11-19(12-16)10-15-7-4-8-18-9-15/h3-9,16H,10-12H2,1-2H3. The van der Waals surface area contributed by atoms with E-state index in [0.29, 0.717) is 6.10 Å². The minimum Gasteiger partial charge on any atom is -0.487 e. The van der Waals surface area contributed by atoms with Crippen LogP contribution in [0.4, 0.5) is 0 Å². The molecule has 0 unspecified atom stereocenters. The number of nitrogens with zero attached hydrogens (tertiary/aromatic N) is 2. The molecule has 1 fully saturated rings. The minimum atomic E-state index is 0.312. The van der Waals surface area contributed by atoms with Crippen LogP contribution in [0.5, 0.6) is 5.75 Å². The van der Waals surface area contributed by atoms with Crippen LogP contribution >= 0.6 is 0 Å². The number of ether oxygens (including phenoxy) is 1. The molecule has 3 rings (SSSR count). The van der Waals surface area contributed by atoms with Crippen LogP contribution in [0.15, 0.2) is 42.7 Å². The van der Waals surface area contributed by atoms with Gasteiger partial charge in [-0.1, -0.05) is 24.3 Å². The van der Waals surface area contributed by atoms with E-state index in [1.165, 1.54) is 16.7 Å². The van der Waals surface area contributed by atoms with E-state index in [9.17, 15) is 0 Å². The molecule has 3 heteroatoms. The van der Waals surface area contributed by atoms with E-state index in [2.05, 4.69) is 48.0 Å². The zero-order chi connectivity index (χ0) is 13.9. The summed E-state index contributed by atoms with van der Waals surface area (Å²) in [5, 5.41) is 0. The Hall–Kier alpha value is -1.87. The smallest absolute Gasteiger partial charge is 0.125 e. The lowest BCUT2D eigenvalue weighted by Crippen LogP contribution is -2.53. The zero-order valence-corrected chi connectivity index (χ0v) is 12.0. The molecule has 0 spiro atoms. The Morgan fingerprint density at radius 1 is 1.15 bits per heavy atom. The lowest BCUT2D eigenvalue weighted by Gasteiger charge is -2.39. The van der Waals surface area contributed by atoms with E-state index >= 15 is 0 Å². The van der Waals surface area contributed by atoms with Crippen molar-refractivity contribution >= 4 is 0 Å². The fraction of sp³-hybridized carbons (Fsp3) is 0.353. The topological polar surface area (TPSA) is 25.4 Å². The van der Waals surface area contributed by atoms with E-state index in [0.717, 1.165) is 25.4 Å². The van der Waals surface area contributed by atoms with Crippen LogP contribution in [0.2, 0.25) is 0 Å². The van der Waals surface area contributed by atoms with Gasteiger partial charge in [0.25, 0.3) is 0 Å². The number of rotatable bonds is 4. The van der Waals surface area contributed by atoms with Crippen molar-refractivity contribution in [2.24, 2.45) is 0 Å². The van der Waals surface area contributed by atoms with Crippen LogP contribution in [0.3, 0.4) is 0 Å². The Balaban J connectivity index is 1.54. The predicted molar refractivity (Wildman–Crippen MR) is 79.8 cm³/mol. The number of aromatic nitrogens is 1. The summed E-state index contributed by atoms with van der Waals surface area (Å²) >= 11 is 0. The second-order valence-electron chi connectivity index (χ2n) is 5.52. The molecule has 104 valence electrons. The molecular weight excluding hydrogens is 248 g/mol. The third-order valence-corrected chi connectivity index (χ3v) is 3.75. The number of likely N-dealkylation sites (tertiary alicyclic amines) is 1. The average molecular weight is 268 g/mol. The quantitative estimate of drug-likeness (QED) is 0.852. The molecule has 1 aliphatic rings. The Morgan fingerprint density at radius 2 is 1.90 bits per heavy atom. The lowest BCUT2D eigenvalue weighted by atomic mass is 10.1. The van der Waals surface area contributed by atoms with Crippen molar-refractivity contribution in [1.82, 2.24) is 9.88 Å². The van der Waals surface area contributed by atoms with Gasteiger partial charge in [-0.25, -0.2) is 0 Å². The predicted octanol–water partition coefficient (Wildman–Crippen LogP) is 2.96. The fourth-order valence-electron chi connectivity index (χ4n) is 2.63. The monoisotopic (exact) mass is 268 g/mol. The maximum absolute atomic E-state index is 6.12. The van der Waals surface area contributed by atoms with E-state index in [-0.39, 0.29) is 0 Å². The Labute approximate surface area is 120 Å². The Bertz CT molecular complexity index is 557. The molecule has 1 saturated heterocycles. The molecule has 2 heterocycles. The first kappa shape index (κ1) is 13.1. The molecule has 1 aromatic carbocycles. The number of para-hydroxylation sites is 1. The summed E-state index contributed by atoms with van der Waals surface area (Å²) in [5.74, 6) is 1.05. The zero-order valence-electron chi connectivity index (χ0n) is 12.0. The largest absolute Gasteiger partial charge is 0.487 e. The lowest BCUT2D eigenvalue weighted by molar-refractivity contribution is 0.0137. The molecular formula is C17H20N2O. The molecule has 0 atom stereocenters. The van der Waals surface area contributed by atoms with E-state index in [1.807, 2.05) is 18.5 Å². The van der Waals surface area contributed by atoms with Crippen molar-refractivity contribution in [2.75, 3.05) is 13.1 Å². The summed E-state index contributed by atoms with van der Waals surface area (Å²) in [6.45, 7) is 7.15. The molecule has 20 heavy (non-hydrogen) atoms. The van der Waals surface area contributed by atoms with Crippen molar-refractivity contribution in [2.45, 2.75) is 26.5 Å². The molecule has 0 bridgehead atoms. The van der Waals surface area contributed by atoms with Crippen LogP contribution < -0.4 is 4.74 Å². The first-order valence-corrected chi connectivity index (χ1v) is 7.06. The van der Waals surface area contributed by atoms with E-state index in [1.54, 1.807) is 0 Å². The molecule has 2 aromatic rings. The molecule has 0 N–H and O–H groups in total. The normalized spacial score (nSPS) is 15.9. The fourth-order valence-corrected chi connectivity index (χ4v) is 2.63. The highest BCUT2D eigenvalue weighted by Crippen LogP contribution is 2.26. The summed E-state index contributed by atoms with van der Waals surface area (Å²) in [4.78, 5) is 6.53. The van der Waals surface area contributed by atoms with Gasteiger partial charge in [-0.05, 0) is 36.6 Å². The highest BCUT2D eigenvalue weighted by Gasteiger charge is 2.28. The van der Waals surface area contributed by atoms with Crippen molar-refractivity contribution in [3.05, 3.63) is 59.4 Å². The summed E-state index contributed by atoms with van der Waals surface area (Å²) in [6, 6.07) is 10.4. The highest BCUT2D eigenvalue weighted by atomic mass is 16.5. The van der Waals surface area contributed by atoms with Crippen molar-refractivity contribution < 1.29 is 4.74 Å². The molecule has 0 saturated carbocycles. The van der Waals surface area contributed by atoms with E-state index in [4.69, 9.17) is 4.74 Å². The van der Waals surface area contributed by atoms with Crippen molar-refractivity contribution in [1.29, 1.82) is 0 Å². The van der Waals surface area contributed by atoms with Crippen LogP contribution in [0, 0.1) is 13.8 Å². The number of hydrogen-bond acceptors (Lipinski definition) is 3. The van der Waals surface area contributed by atoms with Gasteiger partial charge in [0.15, 0.2) is 0 Å². The van der Waals surface area contributed by atoms with Crippen LogP contribution in [0.25, 0.3) is 0 Å². The number of pyridine rings is 1. The van der Waals surface area contributed by atoms with Gasteiger partial charge in [-0.2, -0.15) is 0 Å². The maximum atomic E-state index is 6.12. The van der Waals surface area contributed by atoms with Gasteiger partial charge in [0, 0.05) is 32.0 Å². The van der Waals surface area contributed by atoms with Gasteiger partial charge in [-0.15, -0.1) is 0 Å². The van der Waals surface area contributed by atoms with Crippen molar-refractivity contribution in [3.63, 3.8) is 0 Å². The Morgan fingerprint density at radius 3 is 2.55 bits per heavy atom. The van der Waals surface area contributed by atoms with Gasteiger partial charge in [-0.3, -0.25) is 9.88 Å². The van der Waals surface area contributed by atoms with Gasteiger partial charge in [0.2, 0.25) is 0 Å². The third-order valence-electron chi connectivity index (χ3n) is 3.75. The SMILES string of the molecule is Cc1cccc(C)c1OC1CN(Cc2cccnc2)C1. The van der Waals surface area contributed by atoms with Crippen molar-refractivity contribution in [3.8, 4) is 5.75 Å². The Kier molecular flexibility index (Phi) is 3.70. The summed E-state index contributed by atoms with van der Waals surface area (Å²) in [5.41, 5.74) is 3.70. The first-order chi connectivity index (χ1) is 9.72. The molecule has 0 radical (unpaired) electrons. The third kappa shape index (κ3) is 2.83.